The molecule has 7 rings (SSSR count). The molecule has 4 aromatic rings. The Labute approximate surface area is 236 Å². The molecule has 0 unspecified atom stereocenters. The molecule has 10 heteroatoms. The molecule has 0 radical (unpaired) electrons. The normalized spacial score (nSPS) is 22.3. The third-order valence-corrected chi connectivity index (χ3v) is 8.87. The van der Waals surface area contributed by atoms with Crippen LogP contribution in [0.5, 0.6) is 0 Å². The van der Waals surface area contributed by atoms with E-state index in [9.17, 15) is 13.2 Å². The van der Waals surface area contributed by atoms with Crippen molar-refractivity contribution < 1.29 is 13.2 Å². The van der Waals surface area contributed by atoms with Crippen LogP contribution in [0.3, 0.4) is 0 Å². The van der Waals surface area contributed by atoms with Crippen molar-refractivity contribution in [3.05, 3.63) is 72.0 Å². The van der Waals surface area contributed by atoms with Gasteiger partial charge in [0.1, 0.15) is 22.9 Å². The number of pyridine rings is 1. The van der Waals surface area contributed by atoms with Gasteiger partial charge in [-0.15, -0.1) is 0 Å². The Bertz CT molecular complexity index is 1690. The highest BCUT2D eigenvalue weighted by Crippen LogP contribution is 2.43. The summed E-state index contributed by atoms with van der Waals surface area (Å²) < 4.78 is 44.5. The number of hydrogen-bond donors (Lipinski definition) is 1. The smallest absolute Gasteiger partial charge is 0.382 e. The molecule has 2 fully saturated rings. The Hall–Kier alpha value is -3.76. The zero-order valence-corrected chi connectivity index (χ0v) is 22.9. The van der Waals surface area contributed by atoms with Gasteiger partial charge < -0.3 is 10.6 Å². The summed E-state index contributed by atoms with van der Waals surface area (Å²) in [6.45, 7) is 4.33. The maximum atomic E-state index is 14.2. The molecule has 0 amide bonds. The molecule has 2 aliphatic carbocycles. The van der Waals surface area contributed by atoms with E-state index >= 15 is 0 Å². The van der Waals surface area contributed by atoms with Crippen LogP contribution < -0.4 is 5.73 Å². The van der Waals surface area contributed by atoms with Crippen molar-refractivity contribution in [1.29, 1.82) is 0 Å². The van der Waals surface area contributed by atoms with Crippen LogP contribution >= 0.6 is 0 Å². The first-order valence-electron chi connectivity index (χ1n) is 14.2. The van der Waals surface area contributed by atoms with Crippen molar-refractivity contribution in [3.63, 3.8) is 0 Å². The van der Waals surface area contributed by atoms with Crippen LogP contribution in [0.15, 0.2) is 54.9 Å². The van der Waals surface area contributed by atoms with Gasteiger partial charge in [-0.05, 0) is 50.4 Å². The Morgan fingerprint density at radius 3 is 2.56 bits per heavy atom. The number of allylic oxidation sites excluding steroid dienone is 4. The predicted octanol–water partition coefficient (Wildman–Crippen LogP) is 5.77. The third-order valence-electron chi connectivity index (χ3n) is 8.87. The van der Waals surface area contributed by atoms with Gasteiger partial charge >= 0.3 is 6.18 Å². The number of halogens is 3. The number of nitrogen functional groups attached to an aromatic ring is 1. The minimum Gasteiger partial charge on any atom is -0.382 e. The largest absolute Gasteiger partial charge is 0.417 e. The lowest BCUT2D eigenvalue weighted by molar-refractivity contribution is -0.136. The molecule has 2 N–H and O–H groups in total. The van der Waals surface area contributed by atoms with Crippen LogP contribution in [0.1, 0.15) is 48.7 Å². The summed E-state index contributed by atoms with van der Waals surface area (Å²) in [5, 5.41) is 0.0702. The lowest BCUT2D eigenvalue weighted by Crippen LogP contribution is -2.52. The predicted molar refractivity (Wildman–Crippen MR) is 154 cm³/mol. The van der Waals surface area contributed by atoms with Crippen LogP contribution in [0.2, 0.25) is 0 Å². The molecule has 1 aliphatic heterocycles. The maximum Gasteiger partial charge on any atom is 0.417 e. The van der Waals surface area contributed by atoms with E-state index in [2.05, 4.69) is 21.8 Å². The van der Waals surface area contributed by atoms with Gasteiger partial charge in [0.15, 0.2) is 0 Å². The first-order chi connectivity index (χ1) is 19.8. The van der Waals surface area contributed by atoms with Crippen molar-refractivity contribution in [2.45, 2.75) is 43.8 Å². The number of benzene rings is 1. The number of alkyl halides is 3. The van der Waals surface area contributed by atoms with Crippen LogP contribution in [0, 0.1) is 0 Å². The number of nitrogens with two attached hydrogens (primary N) is 1. The molecule has 0 atom stereocenters. The van der Waals surface area contributed by atoms with Gasteiger partial charge in [-0.3, -0.25) is 9.30 Å². The van der Waals surface area contributed by atoms with Crippen LogP contribution in [-0.4, -0.2) is 68.4 Å². The number of anilines is 1. The van der Waals surface area contributed by atoms with Crippen LogP contribution in [-0.2, 0) is 6.18 Å². The molecule has 212 valence electrons. The Morgan fingerprint density at radius 1 is 1.02 bits per heavy atom. The minimum absolute atomic E-state index is 0.0702. The second kappa shape index (κ2) is 9.95. The molecule has 1 aromatic carbocycles. The van der Waals surface area contributed by atoms with Crippen molar-refractivity contribution in [3.8, 4) is 11.3 Å². The van der Waals surface area contributed by atoms with Crippen molar-refractivity contribution in [1.82, 2.24) is 29.2 Å². The number of likely N-dealkylation sites (N-methyl/N-ethyl adjacent to an activating group) is 1. The van der Waals surface area contributed by atoms with E-state index in [0.717, 1.165) is 56.8 Å². The lowest BCUT2D eigenvalue weighted by Gasteiger charge is -2.45. The number of rotatable bonds is 4. The molecule has 7 nitrogen and oxygen atoms in total. The molecule has 0 bridgehead atoms. The molecule has 1 saturated carbocycles. The Balaban J connectivity index is 1.29. The molecule has 1 saturated heterocycles. The molecule has 3 aliphatic rings. The van der Waals surface area contributed by atoms with E-state index in [1.807, 2.05) is 28.8 Å². The summed E-state index contributed by atoms with van der Waals surface area (Å²) in [7, 11) is 2.16. The van der Waals surface area contributed by atoms with Gasteiger partial charge in [-0.1, -0.05) is 30.4 Å². The van der Waals surface area contributed by atoms with Gasteiger partial charge in [-0.25, -0.2) is 15.0 Å². The highest BCUT2D eigenvalue weighted by molar-refractivity contribution is 5.93. The zero-order valence-electron chi connectivity index (χ0n) is 22.9. The fraction of sp³-hybridized carbons (Fsp3) is 0.387. The first-order valence-corrected chi connectivity index (χ1v) is 14.2. The van der Waals surface area contributed by atoms with Gasteiger partial charge in [0, 0.05) is 61.5 Å². The SMILES string of the molecule is CN1CCN(C2CC(c3nc(-c4ccc5c(C(F)(F)F)cc(C6=CC=CCC6)nc5c4)c4c(N)nccn34)C2)CC1. The van der Waals surface area contributed by atoms with Gasteiger partial charge in [0.25, 0.3) is 0 Å². The molecule has 4 heterocycles. The molecule has 0 spiro atoms. The van der Waals surface area contributed by atoms with Gasteiger partial charge in [-0.2, -0.15) is 13.2 Å². The summed E-state index contributed by atoms with van der Waals surface area (Å²) >= 11 is 0. The maximum absolute atomic E-state index is 14.2. The highest BCUT2D eigenvalue weighted by Gasteiger charge is 2.38. The number of nitrogens with zero attached hydrogens (tertiary/aromatic N) is 6. The van der Waals surface area contributed by atoms with Gasteiger partial charge in [0.2, 0.25) is 0 Å². The summed E-state index contributed by atoms with van der Waals surface area (Å²) in [6, 6.07) is 6.61. The van der Waals surface area contributed by atoms with Crippen molar-refractivity contribution in [2.75, 3.05) is 39.0 Å². The Kier molecular flexibility index (Phi) is 6.35. The van der Waals surface area contributed by atoms with E-state index in [4.69, 9.17) is 15.7 Å². The standard InChI is InChI=1S/C31H32F3N7/c1-39-11-13-40(14-12-39)22-15-21(16-22)30-38-27(28-29(35)36-9-10-41(28)30)20-7-8-23-24(31(32,33)34)18-25(37-26(23)17-20)19-5-3-2-4-6-19/h2-3,5,7-10,17-18,21-22H,4,6,11-16H2,1H3,(H2,35,36). The highest BCUT2D eigenvalue weighted by atomic mass is 19.4. The fourth-order valence-electron chi connectivity index (χ4n) is 6.45. The second-order valence-electron chi connectivity index (χ2n) is 11.5. The average Bonchev–Trinajstić information content (AvgIpc) is 3.33. The summed E-state index contributed by atoms with van der Waals surface area (Å²) in [5.41, 5.74) is 9.11. The number of fused-ring (bicyclic) bond motifs is 2. The second-order valence-corrected chi connectivity index (χ2v) is 11.5. The van der Waals surface area contributed by atoms with Gasteiger partial charge in [0.05, 0.1) is 16.8 Å². The average molecular weight is 560 g/mol. The van der Waals surface area contributed by atoms with E-state index < -0.39 is 11.7 Å². The molecule has 3 aromatic heterocycles. The number of imidazole rings is 1. The minimum atomic E-state index is -4.50. The third kappa shape index (κ3) is 4.68. The Morgan fingerprint density at radius 2 is 1.83 bits per heavy atom. The monoisotopic (exact) mass is 559 g/mol. The van der Waals surface area contributed by atoms with Crippen molar-refractivity contribution in [2.24, 2.45) is 0 Å². The van der Waals surface area contributed by atoms with E-state index in [1.165, 1.54) is 12.1 Å². The van der Waals surface area contributed by atoms with E-state index in [-0.39, 0.29) is 16.8 Å². The van der Waals surface area contributed by atoms with Crippen molar-refractivity contribution >= 4 is 27.8 Å². The summed E-state index contributed by atoms with van der Waals surface area (Å²) in [5.74, 6) is 1.54. The quantitative estimate of drug-likeness (QED) is 0.342. The molecule has 41 heavy (non-hydrogen) atoms. The van der Waals surface area contributed by atoms with E-state index in [1.54, 1.807) is 18.3 Å². The lowest BCUT2D eigenvalue weighted by atomic mass is 9.78. The molecular weight excluding hydrogens is 527 g/mol. The van der Waals surface area contributed by atoms with Crippen LogP contribution in [0.25, 0.3) is 33.3 Å². The topological polar surface area (TPSA) is 75.6 Å². The first kappa shape index (κ1) is 26.2. The summed E-state index contributed by atoms with van der Waals surface area (Å²) in [6.07, 6.45) is 8.23. The number of hydrogen-bond acceptors (Lipinski definition) is 6. The molecular formula is C31H32F3N7. The number of aromatic nitrogens is 4. The summed E-state index contributed by atoms with van der Waals surface area (Å²) in [4.78, 5) is 19.0. The van der Waals surface area contributed by atoms with E-state index in [0.29, 0.717) is 40.7 Å². The zero-order chi connectivity index (χ0) is 28.3. The van der Waals surface area contributed by atoms with Crippen LogP contribution in [0.4, 0.5) is 19.0 Å². The number of piperazine rings is 1. The fourth-order valence-corrected chi connectivity index (χ4v) is 6.45.